The molecule has 0 aromatic heterocycles. The summed E-state index contributed by atoms with van der Waals surface area (Å²) >= 11 is 0. The summed E-state index contributed by atoms with van der Waals surface area (Å²) in [5.74, 6) is -0.878. The minimum absolute atomic E-state index is 0.202. The van der Waals surface area contributed by atoms with Crippen LogP contribution in [0.2, 0.25) is 0 Å². The van der Waals surface area contributed by atoms with Gasteiger partial charge in [0.2, 0.25) is 0 Å². The largest absolute Gasteiger partial charge is 0.478 e. The number of rotatable bonds is 4. The van der Waals surface area contributed by atoms with Gasteiger partial charge in [-0.05, 0) is 29.7 Å². The second kappa shape index (κ2) is 4.63. The smallest absolute Gasteiger partial charge is 0.335 e. The van der Waals surface area contributed by atoms with E-state index in [2.05, 4.69) is 4.90 Å². The SMILES string of the molecule is O=C(O)c1ccc2c(c1)CN(CCCO)C2. The Morgan fingerprint density at radius 3 is 2.75 bits per heavy atom. The zero-order chi connectivity index (χ0) is 11.5. The van der Waals surface area contributed by atoms with Gasteiger partial charge in [0.1, 0.15) is 0 Å². The standard InChI is InChI=1S/C12H15NO3/c14-5-1-4-13-7-10-3-2-9(12(15)16)6-11(10)8-13/h2-3,6,14H,1,4-5,7-8H2,(H,15,16). The van der Waals surface area contributed by atoms with Crippen molar-refractivity contribution < 1.29 is 15.0 Å². The molecule has 1 heterocycles. The number of carboxylic acids is 1. The minimum atomic E-state index is -0.878. The number of hydrogen-bond acceptors (Lipinski definition) is 3. The van der Waals surface area contributed by atoms with Crippen LogP contribution in [0.3, 0.4) is 0 Å². The van der Waals surface area contributed by atoms with E-state index in [4.69, 9.17) is 10.2 Å². The first-order chi connectivity index (χ1) is 7.70. The van der Waals surface area contributed by atoms with Crippen LogP contribution in [-0.4, -0.2) is 34.2 Å². The van der Waals surface area contributed by atoms with Crippen molar-refractivity contribution >= 4 is 5.97 Å². The molecule has 0 saturated carbocycles. The van der Waals surface area contributed by atoms with Crippen LogP contribution in [-0.2, 0) is 13.1 Å². The number of benzene rings is 1. The van der Waals surface area contributed by atoms with Gasteiger partial charge in [0.25, 0.3) is 0 Å². The molecule has 4 nitrogen and oxygen atoms in total. The van der Waals surface area contributed by atoms with E-state index < -0.39 is 5.97 Å². The van der Waals surface area contributed by atoms with Gasteiger partial charge in [-0.25, -0.2) is 4.79 Å². The summed E-state index contributed by atoms with van der Waals surface area (Å²) in [7, 11) is 0. The first kappa shape index (κ1) is 11.1. The van der Waals surface area contributed by atoms with Gasteiger partial charge in [0.15, 0.2) is 0 Å². The van der Waals surface area contributed by atoms with Crippen LogP contribution in [0, 0.1) is 0 Å². The Kier molecular flexibility index (Phi) is 3.22. The molecule has 0 spiro atoms. The molecule has 1 aromatic carbocycles. The van der Waals surface area contributed by atoms with Crippen molar-refractivity contribution in [2.45, 2.75) is 19.5 Å². The van der Waals surface area contributed by atoms with Crippen LogP contribution in [0.5, 0.6) is 0 Å². The van der Waals surface area contributed by atoms with Crippen LogP contribution < -0.4 is 0 Å². The van der Waals surface area contributed by atoms with Crippen LogP contribution in [0.25, 0.3) is 0 Å². The third-order valence-electron chi connectivity index (χ3n) is 2.87. The fourth-order valence-electron chi connectivity index (χ4n) is 2.05. The van der Waals surface area contributed by atoms with E-state index in [1.54, 1.807) is 12.1 Å². The molecule has 0 unspecified atom stereocenters. The van der Waals surface area contributed by atoms with E-state index in [0.717, 1.165) is 31.6 Å². The first-order valence-electron chi connectivity index (χ1n) is 5.39. The van der Waals surface area contributed by atoms with Crippen LogP contribution >= 0.6 is 0 Å². The number of carboxylic acid groups (broad SMARTS) is 1. The number of carbonyl (C=O) groups is 1. The van der Waals surface area contributed by atoms with E-state index in [1.165, 1.54) is 5.56 Å². The highest BCUT2D eigenvalue weighted by Gasteiger charge is 2.19. The molecule has 0 bridgehead atoms. The van der Waals surface area contributed by atoms with Gasteiger partial charge in [-0.2, -0.15) is 0 Å². The Balaban J connectivity index is 2.09. The summed E-state index contributed by atoms with van der Waals surface area (Å²) < 4.78 is 0. The summed E-state index contributed by atoms with van der Waals surface area (Å²) in [6.45, 7) is 2.70. The quantitative estimate of drug-likeness (QED) is 0.798. The average Bonchev–Trinajstić information content (AvgIpc) is 2.67. The fraction of sp³-hybridized carbons (Fsp3) is 0.417. The van der Waals surface area contributed by atoms with E-state index in [0.29, 0.717) is 5.56 Å². The van der Waals surface area contributed by atoms with E-state index >= 15 is 0 Å². The second-order valence-corrected chi connectivity index (χ2v) is 4.08. The fourth-order valence-corrected chi connectivity index (χ4v) is 2.05. The first-order valence-corrected chi connectivity index (χ1v) is 5.39. The molecule has 0 saturated heterocycles. The molecule has 1 aliphatic heterocycles. The monoisotopic (exact) mass is 221 g/mol. The molecule has 0 radical (unpaired) electrons. The van der Waals surface area contributed by atoms with Gasteiger partial charge in [-0.1, -0.05) is 6.07 Å². The number of aromatic carboxylic acids is 1. The summed E-state index contributed by atoms with van der Waals surface area (Å²) in [5.41, 5.74) is 2.64. The normalized spacial score (nSPS) is 15.1. The molecule has 86 valence electrons. The zero-order valence-electron chi connectivity index (χ0n) is 9.02. The molecular formula is C12H15NO3. The summed E-state index contributed by atoms with van der Waals surface area (Å²) in [6.07, 6.45) is 0.764. The maximum absolute atomic E-state index is 10.8. The van der Waals surface area contributed by atoms with Gasteiger partial charge in [0.05, 0.1) is 5.56 Å². The van der Waals surface area contributed by atoms with Crippen LogP contribution in [0.4, 0.5) is 0 Å². The molecule has 16 heavy (non-hydrogen) atoms. The highest BCUT2D eigenvalue weighted by atomic mass is 16.4. The molecular weight excluding hydrogens is 206 g/mol. The van der Waals surface area contributed by atoms with Gasteiger partial charge >= 0.3 is 5.97 Å². The molecule has 2 rings (SSSR count). The maximum atomic E-state index is 10.8. The lowest BCUT2D eigenvalue weighted by molar-refractivity contribution is 0.0696. The van der Waals surface area contributed by atoms with Crippen LogP contribution in [0.15, 0.2) is 18.2 Å². The van der Waals surface area contributed by atoms with Crippen molar-refractivity contribution in [1.82, 2.24) is 4.90 Å². The van der Waals surface area contributed by atoms with Crippen molar-refractivity contribution in [3.8, 4) is 0 Å². The van der Waals surface area contributed by atoms with Gasteiger partial charge < -0.3 is 10.2 Å². The Hall–Kier alpha value is -1.39. The van der Waals surface area contributed by atoms with Crippen molar-refractivity contribution in [2.75, 3.05) is 13.2 Å². The molecule has 0 atom stereocenters. The summed E-state index contributed by atoms with van der Waals surface area (Å²) in [4.78, 5) is 13.0. The lowest BCUT2D eigenvalue weighted by Gasteiger charge is -2.12. The molecule has 2 N–H and O–H groups in total. The Morgan fingerprint density at radius 1 is 1.31 bits per heavy atom. The van der Waals surface area contributed by atoms with E-state index in [9.17, 15) is 4.79 Å². The van der Waals surface area contributed by atoms with Crippen molar-refractivity contribution in [3.05, 3.63) is 34.9 Å². The number of fused-ring (bicyclic) bond motifs is 1. The van der Waals surface area contributed by atoms with Gasteiger partial charge in [-0.15, -0.1) is 0 Å². The van der Waals surface area contributed by atoms with Crippen molar-refractivity contribution in [2.24, 2.45) is 0 Å². The van der Waals surface area contributed by atoms with Crippen LogP contribution in [0.1, 0.15) is 27.9 Å². The Bertz CT molecular complexity index is 403. The number of hydrogen-bond donors (Lipinski definition) is 2. The van der Waals surface area contributed by atoms with E-state index in [1.807, 2.05) is 6.07 Å². The van der Waals surface area contributed by atoms with E-state index in [-0.39, 0.29) is 6.61 Å². The lowest BCUT2D eigenvalue weighted by atomic mass is 10.1. The Morgan fingerprint density at radius 2 is 2.06 bits per heavy atom. The molecule has 1 aliphatic rings. The number of nitrogens with zero attached hydrogens (tertiary/aromatic N) is 1. The maximum Gasteiger partial charge on any atom is 0.335 e. The second-order valence-electron chi connectivity index (χ2n) is 4.08. The third-order valence-corrected chi connectivity index (χ3v) is 2.87. The average molecular weight is 221 g/mol. The number of aliphatic hydroxyl groups excluding tert-OH is 1. The molecule has 4 heteroatoms. The zero-order valence-corrected chi connectivity index (χ0v) is 9.02. The topological polar surface area (TPSA) is 60.8 Å². The lowest BCUT2D eigenvalue weighted by Crippen LogP contribution is -2.18. The third kappa shape index (κ3) is 2.23. The predicted molar refractivity (Wildman–Crippen MR) is 59.2 cm³/mol. The molecule has 1 aromatic rings. The molecule has 0 fully saturated rings. The molecule has 0 aliphatic carbocycles. The predicted octanol–water partition coefficient (Wildman–Crippen LogP) is 1.08. The van der Waals surface area contributed by atoms with Gasteiger partial charge in [-0.3, -0.25) is 4.90 Å². The summed E-state index contributed by atoms with van der Waals surface area (Å²) in [5, 5.41) is 17.6. The Labute approximate surface area is 94.1 Å². The highest BCUT2D eigenvalue weighted by Crippen LogP contribution is 2.23. The van der Waals surface area contributed by atoms with Gasteiger partial charge in [0, 0.05) is 26.2 Å². The molecule has 0 amide bonds. The highest BCUT2D eigenvalue weighted by molar-refractivity contribution is 5.87. The minimum Gasteiger partial charge on any atom is -0.478 e. The summed E-state index contributed by atoms with van der Waals surface area (Å²) in [6, 6.07) is 5.28. The van der Waals surface area contributed by atoms with Crippen molar-refractivity contribution in [3.63, 3.8) is 0 Å². The number of aliphatic hydroxyl groups is 1. The van der Waals surface area contributed by atoms with Crippen molar-refractivity contribution in [1.29, 1.82) is 0 Å².